The van der Waals surface area contributed by atoms with E-state index in [1.54, 1.807) is 0 Å². The Kier molecular flexibility index (Phi) is 3.18. The maximum atomic E-state index is 11.7. The molecule has 1 aliphatic carbocycles. The van der Waals surface area contributed by atoms with Crippen LogP contribution in [-0.4, -0.2) is 17.0 Å². The van der Waals surface area contributed by atoms with E-state index in [0.29, 0.717) is 18.3 Å². The number of aromatic amines is 1. The van der Waals surface area contributed by atoms with Gasteiger partial charge in [0.25, 0.3) is 5.56 Å². The minimum absolute atomic E-state index is 0.0867. The normalized spacial score (nSPS) is 14.2. The number of aromatic nitrogens is 2. The van der Waals surface area contributed by atoms with Crippen LogP contribution in [0.1, 0.15) is 30.1 Å². The van der Waals surface area contributed by atoms with Crippen LogP contribution in [0.15, 0.2) is 35.1 Å². The molecule has 5 heteroatoms. The lowest BCUT2D eigenvalue weighted by atomic mass is 10.2. The third kappa shape index (κ3) is 2.82. The quantitative estimate of drug-likeness (QED) is 0.832. The second-order valence-electron chi connectivity index (χ2n) is 5.36. The zero-order chi connectivity index (χ0) is 14.1. The summed E-state index contributed by atoms with van der Waals surface area (Å²) >= 11 is 0. The molecule has 1 fully saturated rings. The summed E-state index contributed by atoms with van der Waals surface area (Å²) in [4.78, 5) is 21.1. The molecule has 2 aromatic rings. The SMILES string of the molecule is CN(Cc1cccc(N)c1)c1cc(=O)[nH]c(C2CC2)n1. The summed E-state index contributed by atoms with van der Waals surface area (Å²) in [5, 5.41) is 0. The predicted molar refractivity (Wildman–Crippen MR) is 79.8 cm³/mol. The molecule has 0 amide bonds. The van der Waals surface area contributed by atoms with Gasteiger partial charge in [0.1, 0.15) is 11.6 Å². The molecular weight excluding hydrogens is 252 g/mol. The summed E-state index contributed by atoms with van der Waals surface area (Å²) in [6.07, 6.45) is 2.23. The van der Waals surface area contributed by atoms with Crippen molar-refractivity contribution < 1.29 is 0 Å². The third-order valence-electron chi connectivity index (χ3n) is 3.47. The molecule has 0 saturated heterocycles. The average Bonchev–Trinajstić information content (AvgIpc) is 3.22. The Morgan fingerprint density at radius 1 is 1.40 bits per heavy atom. The van der Waals surface area contributed by atoms with E-state index in [1.807, 2.05) is 36.2 Å². The fourth-order valence-corrected chi connectivity index (χ4v) is 2.26. The van der Waals surface area contributed by atoms with E-state index in [0.717, 1.165) is 29.9 Å². The summed E-state index contributed by atoms with van der Waals surface area (Å²) in [7, 11) is 1.93. The molecule has 1 saturated carbocycles. The summed E-state index contributed by atoms with van der Waals surface area (Å²) in [5.41, 5.74) is 7.54. The summed E-state index contributed by atoms with van der Waals surface area (Å²) in [6.45, 7) is 0.672. The second kappa shape index (κ2) is 5.00. The Balaban J connectivity index is 1.83. The Bertz CT molecular complexity index is 676. The molecule has 0 aliphatic heterocycles. The van der Waals surface area contributed by atoms with Crippen LogP contribution in [0.25, 0.3) is 0 Å². The number of hydrogen-bond donors (Lipinski definition) is 2. The van der Waals surface area contributed by atoms with E-state index in [2.05, 4.69) is 9.97 Å². The van der Waals surface area contributed by atoms with E-state index in [4.69, 9.17) is 5.73 Å². The van der Waals surface area contributed by atoms with Crippen molar-refractivity contribution in [3.05, 3.63) is 52.1 Å². The van der Waals surface area contributed by atoms with Crippen molar-refractivity contribution in [3.8, 4) is 0 Å². The first-order valence-electron chi connectivity index (χ1n) is 6.78. The lowest BCUT2D eigenvalue weighted by Gasteiger charge is -2.18. The fourth-order valence-electron chi connectivity index (χ4n) is 2.26. The van der Waals surface area contributed by atoms with E-state index in [-0.39, 0.29) is 5.56 Å². The van der Waals surface area contributed by atoms with Gasteiger partial charge >= 0.3 is 0 Å². The zero-order valence-corrected chi connectivity index (χ0v) is 11.5. The number of H-pyrrole nitrogens is 1. The zero-order valence-electron chi connectivity index (χ0n) is 11.5. The highest BCUT2D eigenvalue weighted by Crippen LogP contribution is 2.37. The van der Waals surface area contributed by atoms with Crippen molar-refractivity contribution in [3.63, 3.8) is 0 Å². The number of hydrogen-bond acceptors (Lipinski definition) is 4. The number of nitrogens with two attached hydrogens (primary N) is 1. The molecule has 0 bridgehead atoms. The van der Waals surface area contributed by atoms with Crippen molar-refractivity contribution in [1.29, 1.82) is 0 Å². The molecule has 0 unspecified atom stereocenters. The van der Waals surface area contributed by atoms with Crippen LogP contribution < -0.4 is 16.2 Å². The lowest BCUT2D eigenvalue weighted by Crippen LogP contribution is -2.22. The van der Waals surface area contributed by atoms with Gasteiger partial charge in [-0.15, -0.1) is 0 Å². The molecule has 0 atom stereocenters. The average molecular weight is 270 g/mol. The maximum absolute atomic E-state index is 11.7. The monoisotopic (exact) mass is 270 g/mol. The fraction of sp³-hybridized carbons (Fsp3) is 0.333. The highest BCUT2D eigenvalue weighted by molar-refractivity contribution is 5.43. The molecule has 0 radical (unpaired) electrons. The van der Waals surface area contributed by atoms with E-state index < -0.39 is 0 Å². The highest BCUT2D eigenvalue weighted by atomic mass is 16.1. The summed E-state index contributed by atoms with van der Waals surface area (Å²) < 4.78 is 0. The number of anilines is 2. The van der Waals surface area contributed by atoms with Crippen molar-refractivity contribution in [2.24, 2.45) is 0 Å². The van der Waals surface area contributed by atoms with Crippen LogP contribution in [0.2, 0.25) is 0 Å². The Labute approximate surface area is 117 Å². The molecule has 0 spiro atoms. The van der Waals surface area contributed by atoms with Gasteiger partial charge in [-0.3, -0.25) is 4.79 Å². The number of benzene rings is 1. The van der Waals surface area contributed by atoms with E-state index in [9.17, 15) is 4.79 Å². The summed E-state index contributed by atoms with van der Waals surface area (Å²) in [5.74, 6) is 1.95. The number of nitrogens with one attached hydrogen (secondary N) is 1. The van der Waals surface area contributed by atoms with E-state index in [1.165, 1.54) is 6.07 Å². The molecule has 3 N–H and O–H groups in total. The van der Waals surface area contributed by atoms with Gasteiger partial charge in [-0.05, 0) is 30.5 Å². The van der Waals surface area contributed by atoms with Gasteiger partial charge in [-0.1, -0.05) is 12.1 Å². The standard InChI is InChI=1S/C15H18N4O/c1-19(9-10-3-2-4-12(16)7-10)13-8-14(20)18-15(17-13)11-5-6-11/h2-4,7-8,11H,5-6,9,16H2,1H3,(H,17,18,20). The van der Waals surface area contributed by atoms with Crippen LogP contribution in [0.4, 0.5) is 11.5 Å². The van der Waals surface area contributed by atoms with Gasteiger partial charge in [0, 0.05) is 31.3 Å². The topological polar surface area (TPSA) is 75.0 Å². The molecule has 1 aliphatic rings. The van der Waals surface area contributed by atoms with Crippen LogP contribution >= 0.6 is 0 Å². The molecule has 1 aromatic heterocycles. The molecule has 5 nitrogen and oxygen atoms in total. The minimum atomic E-state index is -0.0867. The second-order valence-corrected chi connectivity index (χ2v) is 5.36. The maximum Gasteiger partial charge on any atom is 0.252 e. The molecule has 1 heterocycles. The highest BCUT2D eigenvalue weighted by Gasteiger charge is 2.26. The molecule has 1 aromatic carbocycles. The van der Waals surface area contributed by atoms with Crippen molar-refractivity contribution in [2.75, 3.05) is 17.7 Å². The van der Waals surface area contributed by atoms with Gasteiger partial charge in [-0.2, -0.15) is 0 Å². The van der Waals surface area contributed by atoms with Gasteiger partial charge in [-0.25, -0.2) is 4.98 Å². The first-order chi connectivity index (χ1) is 9.61. The summed E-state index contributed by atoms with van der Waals surface area (Å²) in [6, 6.07) is 9.28. The van der Waals surface area contributed by atoms with Gasteiger partial charge in [0.05, 0.1) is 0 Å². The number of rotatable bonds is 4. The smallest absolute Gasteiger partial charge is 0.252 e. The van der Waals surface area contributed by atoms with Crippen LogP contribution in [0.3, 0.4) is 0 Å². The largest absolute Gasteiger partial charge is 0.399 e. The van der Waals surface area contributed by atoms with Crippen LogP contribution in [0, 0.1) is 0 Å². The first-order valence-corrected chi connectivity index (χ1v) is 6.78. The van der Waals surface area contributed by atoms with E-state index >= 15 is 0 Å². The van der Waals surface area contributed by atoms with Crippen LogP contribution in [-0.2, 0) is 6.54 Å². The minimum Gasteiger partial charge on any atom is -0.399 e. The Hall–Kier alpha value is -2.30. The van der Waals surface area contributed by atoms with Crippen LogP contribution in [0.5, 0.6) is 0 Å². The molecule has 104 valence electrons. The molecule has 3 rings (SSSR count). The third-order valence-corrected chi connectivity index (χ3v) is 3.47. The van der Waals surface area contributed by atoms with Crippen molar-refractivity contribution >= 4 is 11.5 Å². The number of nitrogen functional groups attached to an aromatic ring is 1. The predicted octanol–water partition coefficient (Wildman–Crippen LogP) is 1.87. The Morgan fingerprint density at radius 3 is 2.90 bits per heavy atom. The molecular formula is C15H18N4O. The first kappa shape index (κ1) is 12.7. The number of nitrogens with zero attached hydrogens (tertiary/aromatic N) is 2. The van der Waals surface area contributed by atoms with Crippen molar-refractivity contribution in [1.82, 2.24) is 9.97 Å². The molecule has 20 heavy (non-hydrogen) atoms. The van der Waals surface area contributed by atoms with Crippen molar-refractivity contribution in [2.45, 2.75) is 25.3 Å². The van der Waals surface area contributed by atoms with Gasteiger partial charge in [0.2, 0.25) is 0 Å². The van der Waals surface area contributed by atoms with Gasteiger partial charge in [0.15, 0.2) is 0 Å². The Morgan fingerprint density at radius 2 is 2.20 bits per heavy atom. The lowest BCUT2D eigenvalue weighted by molar-refractivity contribution is 0.845. The van der Waals surface area contributed by atoms with Gasteiger partial charge < -0.3 is 15.6 Å².